The van der Waals surface area contributed by atoms with E-state index >= 15 is 0 Å². The lowest BCUT2D eigenvalue weighted by Gasteiger charge is -2.59. The van der Waals surface area contributed by atoms with E-state index in [9.17, 15) is 0 Å². The van der Waals surface area contributed by atoms with Crippen LogP contribution in [0.5, 0.6) is 0 Å². The molecule has 4 saturated carbocycles. The van der Waals surface area contributed by atoms with Crippen LogP contribution < -0.4 is 5.32 Å². The number of nitrogens with zero attached hydrogens (tertiary/aromatic N) is 1. The molecule has 0 radical (unpaired) electrons. The zero-order chi connectivity index (χ0) is 9.17. The fraction of sp³-hybridized carbons (Fsp3) is 0.917. The average Bonchev–Trinajstić information content (AvgIpc) is 2.63. The summed E-state index contributed by atoms with van der Waals surface area (Å²) >= 11 is 0. The first-order chi connectivity index (χ1) is 6.87. The molecule has 0 aromatic carbocycles. The molecule has 0 unspecified atom stereocenters. The van der Waals surface area contributed by atoms with Gasteiger partial charge in [-0.2, -0.15) is 0 Å². The highest BCUT2D eigenvalue weighted by Gasteiger charge is 2.57. The standard InChI is InChI=1S/C12H18N2/c1-8-2-10-4-9(1)5-11(3-8)12(10)6-13-7-14-12/h7-11H,1-6H2,(H,13,14). The minimum absolute atomic E-state index is 0.424. The molecule has 5 rings (SSSR count). The quantitative estimate of drug-likeness (QED) is 0.619. The zero-order valence-electron chi connectivity index (χ0n) is 8.58. The third kappa shape index (κ3) is 0.768. The minimum atomic E-state index is 0.424. The number of hydrogen-bond donors (Lipinski definition) is 1. The molecule has 0 saturated heterocycles. The Balaban J connectivity index is 1.74. The van der Waals surface area contributed by atoms with Crippen LogP contribution in [0.1, 0.15) is 32.1 Å². The zero-order valence-corrected chi connectivity index (χ0v) is 8.58. The molecule has 5 aliphatic rings. The molecule has 2 heteroatoms. The van der Waals surface area contributed by atoms with Gasteiger partial charge in [0.15, 0.2) is 0 Å². The molecule has 4 bridgehead atoms. The summed E-state index contributed by atoms with van der Waals surface area (Å²) in [7, 11) is 0. The van der Waals surface area contributed by atoms with Crippen molar-refractivity contribution in [3.63, 3.8) is 0 Å². The highest BCUT2D eigenvalue weighted by molar-refractivity contribution is 5.59. The molecule has 2 nitrogen and oxygen atoms in total. The fourth-order valence-corrected chi connectivity index (χ4v) is 4.93. The molecule has 1 heterocycles. The Bertz CT molecular complexity index is 257. The summed E-state index contributed by atoms with van der Waals surface area (Å²) in [6.45, 7) is 1.07. The Morgan fingerprint density at radius 1 is 1.00 bits per heavy atom. The molecule has 0 aromatic rings. The van der Waals surface area contributed by atoms with E-state index in [-0.39, 0.29) is 0 Å². The lowest BCUT2D eigenvalue weighted by atomic mass is 9.48. The van der Waals surface area contributed by atoms with Crippen LogP contribution in [0.3, 0.4) is 0 Å². The van der Waals surface area contributed by atoms with E-state index in [0.29, 0.717) is 5.54 Å². The van der Waals surface area contributed by atoms with Crippen molar-refractivity contribution >= 4 is 6.34 Å². The first kappa shape index (κ1) is 7.72. The molecular weight excluding hydrogens is 172 g/mol. The maximum atomic E-state index is 4.45. The predicted molar refractivity (Wildman–Crippen MR) is 56.3 cm³/mol. The third-order valence-corrected chi connectivity index (χ3v) is 5.37. The Hall–Kier alpha value is -0.530. The fourth-order valence-electron chi connectivity index (χ4n) is 4.93. The third-order valence-electron chi connectivity index (χ3n) is 5.37. The van der Waals surface area contributed by atoms with Gasteiger partial charge in [-0.3, -0.25) is 4.99 Å². The maximum absolute atomic E-state index is 4.45. The van der Waals surface area contributed by atoms with E-state index in [0.717, 1.165) is 30.2 Å². The van der Waals surface area contributed by atoms with E-state index in [1.165, 1.54) is 25.7 Å². The minimum Gasteiger partial charge on any atom is -0.369 e. The highest BCUT2D eigenvalue weighted by atomic mass is 15.1. The summed E-state index contributed by atoms with van der Waals surface area (Å²) in [4.78, 5) is 4.45. The molecule has 0 atom stereocenters. The van der Waals surface area contributed by atoms with Crippen molar-refractivity contribution < 1.29 is 0 Å². The normalized spacial score (nSPS) is 58.3. The Morgan fingerprint density at radius 2 is 1.64 bits per heavy atom. The second-order valence-electron chi connectivity index (χ2n) is 5.96. The van der Waals surface area contributed by atoms with E-state index in [4.69, 9.17) is 0 Å². The first-order valence-electron chi connectivity index (χ1n) is 6.13. The van der Waals surface area contributed by atoms with Crippen LogP contribution in [0, 0.1) is 23.7 Å². The number of hydrogen-bond acceptors (Lipinski definition) is 2. The van der Waals surface area contributed by atoms with Crippen molar-refractivity contribution in [2.24, 2.45) is 28.7 Å². The molecular formula is C12H18N2. The van der Waals surface area contributed by atoms with Crippen molar-refractivity contribution in [3.05, 3.63) is 0 Å². The van der Waals surface area contributed by atoms with Gasteiger partial charge in [-0.15, -0.1) is 0 Å². The largest absolute Gasteiger partial charge is 0.369 e. The van der Waals surface area contributed by atoms with Gasteiger partial charge in [0.1, 0.15) is 0 Å². The van der Waals surface area contributed by atoms with Crippen LogP contribution in [-0.2, 0) is 0 Å². The van der Waals surface area contributed by atoms with E-state index in [1.807, 2.05) is 6.34 Å². The van der Waals surface area contributed by atoms with Gasteiger partial charge < -0.3 is 5.32 Å². The Morgan fingerprint density at radius 3 is 2.14 bits per heavy atom. The molecule has 4 aliphatic carbocycles. The monoisotopic (exact) mass is 190 g/mol. The molecule has 4 fully saturated rings. The van der Waals surface area contributed by atoms with Gasteiger partial charge >= 0.3 is 0 Å². The van der Waals surface area contributed by atoms with Crippen LogP contribution in [0.4, 0.5) is 0 Å². The van der Waals surface area contributed by atoms with E-state index < -0.39 is 0 Å². The van der Waals surface area contributed by atoms with E-state index in [2.05, 4.69) is 10.3 Å². The van der Waals surface area contributed by atoms with Gasteiger partial charge in [0.2, 0.25) is 0 Å². The van der Waals surface area contributed by atoms with Crippen LogP contribution in [0.15, 0.2) is 4.99 Å². The number of rotatable bonds is 0. The first-order valence-corrected chi connectivity index (χ1v) is 6.13. The summed E-state index contributed by atoms with van der Waals surface area (Å²) in [6.07, 6.45) is 9.48. The lowest BCUT2D eigenvalue weighted by Crippen LogP contribution is -2.64. The molecule has 1 N–H and O–H groups in total. The van der Waals surface area contributed by atoms with Gasteiger partial charge in [-0.1, -0.05) is 0 Å². The topological polar surface area (TPSA) is 24.4 Å². The lowest BCUT2D eigenvalue weighted by molar-refractivity contribution is -0.0561. The second-order valence-corrected chi connectivity index (χ2v) is 5.96. The van der Waals surface area contributed by atoms with Gasteiger partial charge in [-0.25, -0.2) is 0 Å². The van der Waals surface area contributed by atoms with Crippen molar-refractivity contribution in [1.82, 2.24) is 5.32 Å². The summed E-state index contributed by atoms with van der Waals surface area (Å²) in [5, 5.41) is 3.62. The Kier molecular flexibility index (Phi) is 1.29. The summed E-state index contributed by atoms with van der Waals surface area (Å²) < 4.78 is 0. The number of aliphatic imine (C=N–C) groups is 1. The molecule has 1 spiro atoms. The average molecular weight is 190 g/mol. The second kappa shape index (κ2) is 2.34. The molecule has 1 aliphatic heterocycles. The van der Waals surface area contributed by atoms with Crippen LogP contribution >= 0.6 is 0 Å². The summed E-state index contributed by atoms with van der Waals surface area (Å²) in [5.41, 5.74) is 0.424. The number of nitrogens with one attached hydrogen (secondary N) is 1. The van der Waals surface area contributed by atoms with Gasteiger partial charge in [0.25, 0.3) is 0 Å². The van der Waals surface area contributed by atoms with Crippen molar-refractivity contribution in [2.45, 2.75) is 37.6 Å². The van der Waals surface area contributed by atoms with Crippen molar-refractivity contribution in [1.29, 1.82) is 0 Å². The van der Waals surface area contributed by atoms with Crippen LogP contribution in [0.2, 0.25) is 0 Å². The van der Waals surface area contributed by atoms with Gasteiger partial charge in [0.05, 0.1) is 18.4 Å². The molecule has 0 amide bonds. The predicted octanol–water partition coefficient (Wildman–Crippen LogP) is 1.81. The molecule has 14 heavy (non-hydrogen) atoms. The van der Waals surface area contributed by atoms with Gasteiger partial charge in [-0.05, 0) is 55.8 Å². The van der Waals surface area contributed by atoms with Crippen molar-refractivity contribution in [3.8, 4) is 0 Å². The molecule has 76 valence electrons. The summed E-state index contributed by atoms with van der Waals surface area (Å²) in [6, 6.07) is 0. The van der Waals surface area contributed by atoms with Gasteiger partial charge in [0, 0.05) is 0 Å². The Labute approximate surface area is 85.2 Å². The van der Waals surface area contributed by atoms with Crippen LogP contribution in [0.25, 0.3) is 0 Å². The summed E-state index contributed by atoms with van der Waals surface area (Å²) in [5.74, 6) is 4.04. The van der Waals surface area contributed by atoms with Crippen molar-refractivity contribution in [2.75, 3.05) is 6.54 Å². The maximum Gasteiger partial charge on any atom is 0.0830 e. The molecule has 0 aromatic heterocycles. The van der Waals surface area contributed by atoms with E-state index in [1.54, 1.807) is 6.42 Å². The smallest absolute Gasteiger partial charge is 0.0830 e. The highest BCUT2D eigenvalue weighted by Crippen LogP contribution is 2.58. The van der Waals surface area contributed by atoms with Crippen LogP contribution in [-0.4, -0.2) is 18.4 Å². The SMILES string of the molecule is C1=NCC2(N1)C1CC3CC(C1)CC2C3.